The number of hydrogen-bond donors (Lipinski definition) is 2. The summed E-state index contributed by atoms with van der Waals surface area (Å²) in [6, 6.07) is 3.67. The number of nitrogens with zero attached hydrogens (tertiary/aromatic N) is 2. The molecule has 2 heterocycles. The lowest BCUT2D eigenvalue weighted by Gasteiger charge is -2.07. The Bertz CT molecular complexity index is 906. The lowest BCUT2D eigenvalue weighted by Crippen LogP contribution is -2.15. The van der Waals surface area contributed by atoms with Crippen molar-refractivity contribution in [3.05, 3.63) is 32.9 Å². The van der Waals surface area contributed by atoms with Crippen LogP contribution in [0.3, 0.4) is 0 Å². The van der Waals surface area contributed by atoms with E-state index in [1.54, 1.807) is 7.11 Å². The summed E-state index contributed by atoms with van der Waals surface area (Å²) in [5, 5.41) is 4.11. The summed E-state index contributed by atoms with van der Waals surface area (Å²) in [6.45, 7) is 0.584. The van der Waals surface area contributed by atoms with Gasteiger partial charge in [-0.25, -0.2) is 4.79 Å². The van der Waals surface area contributed by atoms with E-state index in [0.29, 0.717) is 34.9 Å². The topological polar surface area (TPSA) is 96.8 Å². The van der Waals surface area contributed by atoms with Crippen LogP contribution in [0.2, 0.25) is 0 Å². The Morgan fingerprint density at radius 1 is 1.41 bits per heavy atom. The zero-order chi connectivity index (χ0) is 15.3. The van der Waals surface area contributed by atoms with Crippen LogP contribution in [0.15, 0.2) is 25.9 Å². The molecule has 114 valence electrons. The summed E-state index contributed by atoms with van der Waals surface area (Å²) in [5.74, 6) is 1.05. The average molecular weight is 365 g/mol. The van der Waals surface area contributed by atoms with E-state index in [1.807, 2.05) is 12.1 Å². The average Bonchev–Trinajstić information content (AvgIpc) is 2.94. The molecule has 1 aliphatic rings. The van der Waals surface area contributed by atoms with E-state index in [4.69, 9.17) is 9.26 Å². The van der Waals surface area contributed by atoms with Crippen molar-refractivity contribution in [2.45, 2.75) is 18.3 Å². The van der Waals surface area contributed by atoms with Gasteiger partial charge in [-0.2, -0.15) is 4.98 Å². The van der Waals surface area contributed by atoms with Gasteiger partial charge in [-0.15, -0.1) is 0 Å². The molecule has 1 aliphatic carbocycles. The predicted octanol–water partition coefficient (Wildman–Crippen LogP) is 2.35. The smallest absolute Gasteiger partial charge is 0.323 e. The fourth-order valence-corrected chi connectivity index (χ4v) is 3.14. The molecule has 0 unspecified atom stereocenters. The molecule has 7 nitrogen and oxygen atoms in total. The van der Waals surface area contributed by atoms with Crippen molar-refractivity contribution in [1.29, 1.82) is 0 Å². The summed E-state index contributed by atoms with van der Waals surface area (Å²) in [6.07, 6.45) is 1.99. The zero-order valence-electron chi connectivity index (χ0n) is 11.8. The molecule has 0 amide bonds. The van der Waals surface area contributed by atoms with E-state index in [1.165, 1.54) is 0 Å². The van der Waals surface area contributed by atoms with Crippen molar-refractivity contribution < 1.29 is 9.26 Å². The standard InChI is InChI=1S/C14H13BrN4O3/c1-21-6-14(2-3-14)12-18-11(22-19-12)8-4-7(15)5-9-10(8)17-13(20)16-9/h4-5H,2-3,6H2,1H3,(H2,16,17,20). The largest absolute Gasteiger partial charge is 0.384 e. The fraction of sp³-hybridized carbons (Fsp3) is 0.357. The van der Waals surface area contributed by atoms with E-state index < -0.39 is 0 Å². The van der Waals surface area contributed by atoms with Gasteiger partial charge in [0.1, 0.15) is 0 Å². The quantitative estimate of drug-likeness (QED) is 0.740. The molecule has 22 heavy (non-hydrogen) atoms. The Kier molecular flexibility index (Phi) is 2.98. The van der Waals surface area contributed by atoms with Crippen molar-refractivity contribution in [2.24, 2.45) is 0 Å². The van der Waals surface area contributed by atoms with Crippen molar-refractivity contribution in [1.82, 2.24) is 20.1 Å². The van der Waals surface area contributed by atoms with E-state index in [-0.39, 0.29) is 11.1 Å². The molecular formula is C14H13BrN4O3. The van der Waals surface area contributed by atoms with Crippen molar-refractivity contribution >= 4 is 27.0 Å². The van der Waals surface area contributed by atoms with Gasteiger partial charge in [0.05, 0.1) is 28.6 Å². The summed E-state index contributed by atoms with van der Waals surface area (Å²) < 4.78 is 11.5. The zero-order valence-corrected chi connectivity index (χ0v) is 13.4. The predicted molar refractivity (Wildman–Crippen MR) is 82.7 cm³/mol. The maximum atomic E-state index is 11.5. The second-order valence-corrected chi connectivity index (χ2v) is 6.51. The van der Waals surface area contributed by atoms with Crippen LogP contribution in [0.5, 0.6) is 0 Å². The number of ether oxygens (including phenoxy) is 1. The van der Waals surface area contributed by atoms with Gasteiger partial charge in [0.25, 0.3) is 5.89 Å². The van der Waals surface area contributed by atoms with E-state index in [9.17, 15) is 4.79 Å². The number of nitrogens with one attached hydrogen (secondary N) is 2. The van der Waals surface area contributed by atoms with E-state index in [2.05, 4.69) is 36.0 Å². The third-order valence-corrected chi connectivity index (χ3v) is 4.45. The third kappa shape index (κ3) is 2.10. The molecule has 1 fully saturated rings. The first-order valence-electron chi connectivity index (χ1n) is 6.86. The second kappa shape index (κ2) is 4.79. The molecule has 3 aromatic rings. The van der Waals surface area contributed by atoms with Gasteiger partial charge >= 0.3 is 5.69 Å². The number of H-pyrrole nitrogens is 2. The van der Waals surface area contributed by atoms with Gasteiger partial charge in [0.2, 0.25) is 0 Å². The van der Waals surface area contributed by atoms with Crippen LogP contribution in [0.1, 0.15) is 18.7 Å². The first-order valence-corrected chi connectivity index (χ1v) is 7.66. The number of hydrogen-bond acceptors (Lipinski definition) is 5. The number of fused-ring (bicyclic) bond motifs is 1. The van der Waals surface area contributed by atoms with Gasteiger partial charge in [-0.1, -0.05) is 21.1 Å². The Morgan fingerprint density at radius 3 is 2.95 bits per heavy atom. The molecule has 4 rings (SSSR count). The van der Waals surface area contributed by atoms with Gasteiger partial charge in [0.15, 0.2) is 5.82 Å². The maximum Gasteiger partial charge on any atom is 0.323 e. The highest BCUT2D eigenvalue weighted by atomic mass is 79.9. The number of aromatic nitrogens is 4. The van der Waals surface area contributed by atoms with Crippen LogP contribution < -0.4 is 5.69 Å². The highest BCUT2D eigenvalue weighted by molar-refractivity contribution is 9.10. The monoisotopic (exact) mass is 364 g/mol. The number of aromatic amines is 2. The molecule has 1 aromatic carbocycles. The summed E-state index contributed by atoms with van der Waals surface area (Å²) in [5.41, 5.74) is 1.64. The molecule has 0 saturated heterocycles. The lowest BCUT2D eigenvalue weighted by atomic mass is 10.1. The molecule has 0 atom stereocenters. The number of methoxy groups -OCH3 is 1. The first kappa shape index (κ1) is 13.7. The van der Waals surface area contributed by atoms with E-state index in [0.717, 1.165) is 17.3 Å². The normalized spacial score (nSPS) is 16.3. The fourth-order valence-electron chi connectivity index (χ4n) is 2.68. The highest BCUT2D eigenvalue weighted by Gasteiger charge is 2.48. The summed E-state index contributed by atoms with van der Waals surface area (Å²) in [7, 11) is 1.67. The number of rotatable bonds is 4. The molecule has 1 saturated carbocycles. The van der Waals surface area contributed by atoms with Crippen molar-refractivity contribution in [3.8, 4) is 11.5 Å². The van der Waals surface area contributed by atoms with Gasteiger partial charge in [-0.3, -0.25) is 0 Å². The Hall–Kier alpha value is -1.93. The van der Waals surface area contributed by atoms with Crippen LogP contribution in [-0.2, 0) is 10.2 Å². The Morgan fingerprint density at radius 2 is 2.23 bits per heavy atom. The lowest BCUT2D eigenvalue weighted by molar-refractivity contribution is 0.167. The van der Waals surface area contributed by atoms with Crippen LogP contribution in [0.25, 0.3) is 22.5 Å². The second-order valence-electron chi connectivity index (χ2n) is 5.59. The van der Waals surface area contributed by atoms with Crippen LogP contribution in [-0.4, -0.2) is 33.8 Å². The Labute approximate surface area is 133 Å². The molecular weight excluding hydrogens is 352 g/mol. The highest BCUT2D eigenvalue weighted by Crippen LogP contribution is 2.47. The van der Waals surface area contributed by atoms with Gasteiger partial charge in [-0.05, 0) is 25.0 Å². The Balaban J connectivity index is 1.83. The number of imidazole rings is 1. The number of benzene rings is 1. The minimum absolute atomic E-state index is 0.118. The molecule has 0 spiro atoms. The summed E-state index contributed by atoms with van der Waals surface area (Å²) >= 11 is 3.43. The van der Waals surface area contributed by atoms with Crippen molar-refractivity contribution in [2.75, 3.05) is 13.7 Å². The maximum absolute atomic E-state index is 11.5. The van der Waals surface area contributed by atoms with Crippen LogP contribution in [0.4, 0.5) is 0 Å². The minimum atomic E-state index is -0.271. The summed E-state index contributed by atoms with van der Waals surface area (Å²) in [4.78, 5) is 21.5. The van der Waals surface area contributed by atoms with E-state index >= 15 is 0 Å². The SMILES string of the molecule is COCC1(c2noc(-c3cc(Br)cc4[nH]c(=O)[nH]c34)n2)CC1. The molecule has 0 radical (unpaired) electrons. The first-order chi connectivity index (χ1) is 10.6. The molecule has 2 aromatic heterocycles. The molecule has 0 bridgehead atoms. The minimum Gasteiger partial charge on any atom is -0.384 e. The van der Waals surface area contributed by atoms with Crippen molar-refractivity contribution in [3.63, 3.8) is 0 Å². The third-order valence-electron chi connectivity index (χ3n) is 3.99. The number of halogens is 1. The van der Waals surface area contributed by atoms with Gasteiger partial charge in [0, 0.05) is 11.6 Å². The van der Waals surface area contributed by atoms with Crippen LogP contribution in [0, 0.1) is 0 Å². The molecule has 0 aliphatic heterocycles. The molecule has 2 N–H and O–H groups in total. The van der Waals surface area contributed by atoms with Crippen LogP contribution >= 0.6 is 15.9 Å². The molecule has 8 heteroatoms. The van der Waals surface area contributed by atoms with Gasteiger partial charge < -0.3 is 19.2 Å².